The summed E-state index contributed by atoms with van der Waals surface area (Å²) in [6.45, 7) is 0.121. The first kappa shape index (κ1) is 21.5. The molecule has 9 heteroatoms. The standard InChI is InChI=1S/C23H19ClN2O6/c1-30-17-11-15(24)18(31-2)10-14(17)21(27)19-20(16-4-3-9-32-16)26(23(29)22(19)28)12-13-5-7-25-8-6-13/h3-11,20,27H,12H2,1-2H3/b21-19+. The fraction of sp³-hybridized carbons (Fsp3) is 0.174. The highest BCUT2D eigenvalue weighted by molar-refractivity contribution is 6.46. The lowest BCUT2D eigenvalue weighted by Crippen LogP contribution is -2.29. The van der Waals surface area contributed by atoms with Gasteiger partial charge in [-0.05, 0) is 35.9 Å². The summed E-state index contributed by atoms with van der Waals surface area (Å²) >= 11 is 6.17. The first-order valence-corrected chi connectivity index (χ1v) is 9.96. The van der Waals surface area contributed by atoms with Crippen molar-refractivity contribution in [3.63, 3.8) is 0 Å². The van der Waals surface area contributed by atoms with Crippen LogP contribution in [0.1, 0.15) is 22.9 Å². The van der Waals surface area contributed by atoms with Crippen LogP contribution in [0.25, 0.3) is 5.76 Å². The number of pyridine rings is 1. The van der Waals surface area contributed by atoms with Crippen molar-refractivity contribution in [3.05, 3.63) is 82.5 Å². The maximum Gasteiger partial charge on any atom is 0.296 e. The fourth-order valence-electron chi connectivity index (χ4n) is 3.66. The maximum absolute atomic E-state index is 13.1. The van der Waals surface area contributed by atoms with E-state index in [2.05, 4.69) is 4.98 Å². The Hall–Kier alpha value is -3.78. The average molecular weight is 455 g/mol. The summed E-state index contributed by atoms with van der Waals surface area (Å²) in [6.07, 6.45) is 4.63. The third-order valence-corrected chi connectivity index (χ3v) is 5.48. The lowest BCUT2D eigenvalue weighted by molar-refractivity contribution is -0.140. The van der Waals surface area contributed by atoms with Crippen molar-refractivity contribution in [1.82, 2.24) is 9.88 Å². The highest BCUT2D eigenvalue weighted by Gasteiger charge is 2.47. The molecule has 1 aromatic carbocycles. The molecule has 1 aliphatic heterocycles. The fourth-order valence-corrected chi connectivity index (χ4v) is 3.89. The number of aliphatic hydroxyl groups excluding tert-OH is 1. The Morgan fingerprint density at radius 2 is 1.88 bits per heavy atom. The number of likely N-dealkylation sites (tertiary alicyclic amines) is 1. The van der Waals surface area contributed by atoms with Gasteiger partial charge in [-0.3, -0.25) is 14.6 Å². The monoisotopic (exact) mass is 454 g/mol. The zero-order chi connectivity index (χ0) is 22.8. The van der Waals surface area contributed by atoms with E-state index in [1.165, 1.54) is 37.5 Å². The number of aromatic nitrogens is 1. The predicted molar refractivity (Wildman–Crippen MR) is 115 cm³/mol. The number of aliphatic hydroxyl groups is 1. The minimum atomic E-state index is -0.940. The molecule has 3 aromatic rings. The maximum atomic E-state index is 13.1. The summed E-state index contributed by atoms with van der Waals surface area (Å²) in [6, 6.07) is 8.74. The number of rotatable bonds is 6. The van der Waals surface area contributed by atoms with Crippen molar-refractivity contribution in [3.8, 4) is 11.5 Å². The number of ether oxygens (including phenoxy) is 2. The number of furan rings is 1. The number of methoxy groups -OCH3 is 2. The molecular weight excluding hydrogens is 436 g/mol. The van der Waals surface area contributed by atoms with Gasteiger partial charge in [-0.2, -0.15) is 0 Å². The highest BCUT2D eigenvalue weighted by Crippen LogP contribution is 2.43. The molecule has 4 rings (SSSR count). The van der Waals surface area contributed by atoms with E-state index in [4.69, 9.17) is 25.5 Å². The van der Waals surface area contributed by atoms with Crippen molar-refractivity contribution in [2.45, 2.75) is 12.6 Å². The number of halogens is 1. The number of nitrogens with zero attached hydrogens (tertiary/aromatic N) is 2. The molecule has 0 radical (unpaired) electrons. The van der Waals surface area contributed by atoms with Gasteiger partial charge in [0.15, 0.2) is 0 Å². The number of Topliss-reactive ketones (excluding diaryl/α,β-unsaturated/α-hetero) is 1. The van der Waals surface area contributed by atoms with Crippen LogP contribution in [-0.4, -0.2) is 40.9 Å². The van der Waals surface area contributed by atoms with Crippen molar-refractivity contribution in [1.29, 1.82) is 0 Å². The van der Waals surface area contributed by atoms with E-state index in [1.807, 2.05) is 0 Å². The summed E-state index contributed by atoms with van der Waals surface area (Å²) in [4.78, 5) is 31.4. The third kappa shape index (κ3) is 3.69. The smallest absolute Gasteiger partial charge is 0.296 e. The number of ketones is 1. The van der Waals surface area contributed by atoms with Crippen LogP contribution in [0, 0.1) is 0 Å². The van der Waals surface area contributed by atoms with Crippen LogP contribution in [0.5, 0.6) is 11.5 Å². The Labute approximate surface area is 188 Å². The number of carbonyl (C=O) groups is 2. The van der Waals surface area contributed by atoms with Crippen molar-refractivity contribution >= 4 is 29.1 Å². The topological polar surface area (TPSA) is 102 Å². The van der Waals surface area contributed by atoms with E-state index >= 15 is 0 Å². The molecule has 0 spiro atoms. The van der Waals surface area contributed by atoms with Crippen molar-refractivity contribution in [2.75, 3.05) is 14.2 Å². The molecule has 32 heavy (non-hydrogen) atoms. The summed E-state index contributed by atoms with van der Waals surface area (Å²) in [7, 11) is 2.83. The summed E-state index contributed by atoms with van der Waals surface area (Å²) in [5.41, 5.74) is 0.804. The molecule has 2 aromatic heterocycles. The molecule has 1 amide bonds. The van der Waals surface area contributed by atoms with Gasteiger partial charge in [0.2, 0.25) is 0 Å². The number of carbonyl (C=O) groups excluding carboxylic acids is 2. The van der Waals surface area contributed by atoms with Gasteiger partial charge in [0.25, 0.3) is 11.7 Å². The number of amides is 1. The molecule has 3 heterocycles. The van der Waals surface area contributed by atoms with E-state index in [9.17, 15) is 14.7 Å². The van der Waals surface area contributed by atoms with Gasteiger partial charge in [-0.15, -0.1) is 0 Å². The Morgan fingerprint density at radius 3 is 2.50 bits per heavy atom. The molecule has 164 valence electrons. The summed E-state index contributed by atoms with van der Waals surface area (Å²) in [5.74, 6) is -1.20. The van der Waals surface area contributed by atoms with Crippen molar-refractivity contribution in [2.24, 2.45) is 0 Å². The van der Waals surface area contributed by atoms with Crippen molar-refractivity contribution < 1.29 is 28.6 Å². The molecule has 0 bridgehead atoms. The number of benzene rings is 1. The number of hydrogen-bond donors (Lipinski definition) is 1. The van der Waals surface area contributed by atoms with Gasteiger partial charge >= 0.3 is 0 Å². The van der Waals surface area contributed by atoms with Gasteiger partial charge in [-0.1, -0.05) is 11.6 Å². The highest BCUT2D eigenvalue weighted by atomic mass is 35.5. The lowest BCUT2D eigenvalue weighted by Gasteiger charge is -2.23. The van der Waals surface area contributed by atoms with Crippen LogP contribution in [0.4, 0.5) is 0 Å². The zero-order valence-electron chi connectivity index (χ0n) is 17.2. The zero-order valence-corrected chi connectivity index (χ0v) is 18.0. The van der Waals surface area contributed by atoms with Gasteiger partial charge in [0.1, 0.15) is 29.1 Å². The Balaban J connectivity index is 1.89. The van der Waals surface area contributed by atoms with Crippen LogP contribution in [0.3, 0.4) is 0 Å². The predicted octanol–water partition coefficient (Wildman–Crippen LogP) is 3.97. The van der Waals surface area contributed by atoms with Gasteiger partial charge in [0.05, 0.1) is 36.6 Å². The molecular formula is C23H19ClN2O6. The lowest BCUT2D eigenvalue weighted by atomic mass is 9.98. The normalized spacial score (nSPS) is 17.6. The molecule has 1 saturated heterocycles. The first-order valence-electron chi connectivity index (χ1n) is 9.58. The second kappa shape index (κ2) is 8.76. The van der Waals surface area contributed by atoms with Crippen LogP contribution < -0.4 is 9.47 Å². The van der Waals surface area contributed by atoms with E-state index in [0.29, 0.717) is 5.76 Å². The van der Waals surface area contributed by atoms with Crippen LogP contribution in [0.15, 0.2) is 65.0 Å². The van der Waals surface area contributed by atoms with E-state index in [0.717, 1.165) is 5.56 Å². The molecule has 1 unspecified atom stereocenters. The minimum absolute atomic E-state index is 0.121. The van der Waals surface area contributed by atoms with Gasteiger partial charge in [0, 0.05) is 25.0 Å². The largest absolute Gasteiger partial charge is 0.507 e. The summed E-state index contributed by atoms with van der Waals surface area (Å²) in [5, 5.41) is 11.5. The molecule has 0 aliphatic carbocycles. The molecule has 8 nitrogen and oxygen atoms in total. The summed E-state index contributed by atoms with van der Waals surface area (Å²) < 4.78 is 16.1. The van der Waals surface area contributed by atoms with Crippen LogP contribution in [-0.2, 0) is 16.1 Å². The van der Waals surface area contributed by atoms with Gasteiger partial charge in [-0.25, -0.2) is 0 Å². The van der Waals surface area contributed by atoms with E-state index in [-0.39, 0.29) is 34.2 Å². The third-order valence-electron chi connectivity index (χ3n) is 5.18. The Bertz CT molecular complexity index is 1190. The second-order valence-corrected chi connectivity index (χ2v) is 7.39. The Kier molecular flexibility index (Phi) is 5.87. The molecule has 1 N–H and O–H groups in total. The van der Waals surface area contributed by atoms with E-state index in [1.54, 1.807) is 36.7 Å². The molecule has 1 aliphatic rings. The van der Waals surface area contributed by atoms with Crippen LogP contribution >= 0.6 is 11.6 Å². The first-order chi connectivity index (χ1) is 15.5. The van der Waals surface area contributed by atoms with Gasteiger partial charge < -0.3 is 23.9 Å². The second-order valence-electron chi connectivity index (χ2n) is 6.98. The quantitative estimate of drug-likeness (QED) is 0.341. The Morgan fingerprint density at radius 1 is 1.16 bits per heavy atom. The number of hydrogen-bond acceptors (Lipinski definition) is 7. The minimum Gasteiger partial charge on any atom is -0.507 e. The van der Waals surface area contributed by atoms with Crippen LogP contribution in [0.2, 0.25) is 5.02 Å². The SMILES string of the molecule is COc1cc(/C(O)=C2\C(=O)C(=O)N(Cc3ccncc3)C2c2ccco2)c(OC)cc1Cl. The molecule has 1 fully saturated rings. The average Bonchev–Trinajstić information content (AvgIpc) is 3.42. The molecule has 1 atom stereocenters. The van der Waals surface area contributed by atoms with E-state index < -0.39 is 23.5 Å². The molecule has 0 saturated carbocycles.